The summed E-state index contributed by atoms with van der Waals surface area (Å²) in [5.74, 6) is -0.501. The number of rotatable bonds is 5. The maximum Gasteiger partial charge on any atom is 0.246 e. The molecule has 6 heteroatoms. The predicted octanol–water partition coefficient (Wildman–Crippen LogP) is 4.52. The van der Waals surface area contributed by atoms with E-state index >= 15 is 0 Å². The maximum atomic E-state index is 12.1. The Balaban J connectivity index is 1.91. The van der Waals surface area contributed by atoms with Crippen molar-refractivity contribution >= 4 is 51.1 Å². The Hall–Kier alpha value is -2.11. The monoisotopic (exact) mass is 420 g/mol. The number of hydrogen-bond acceptors (Lipinski definition) is 2. The van der Waals surface area contributed by atoms with E-state index in [2.05, 4.69) is 21.2 Å². The fraction of sp³-hybridized carbons (Fsp3) is 0.158. The van der Waals surface area contributed by atoms with Gasteiger partial charge in [0.05, 0.1) is 6.54 Å². The van der Waals surface area contributed by atoms with Crippen LogP contribution in [0, 0.1) is 6.92 Å². The molecule has 2 aromatic carbocycles. The van der Waals surface area contributed by atoms with Crippen LogP contribution in [0.5, 0.6) is 0 Å². The number of halogens is 2. The minimum Gasteiger partial charge on any atom is -0.333 e. The molecule has 0 aliphatic carbocycles. The summed E-state index contributed by atoms with van der Waals surface area (Å²) in [5.41, 5.74) is 2.53. The van der Waals surface area contributed by atoms with E-state index in [1.807, 2.05) is 37.3 Å². The van der Waals surface area contributed by atoms with E-state index in [-0.39, 0.29) is 18.4 Å². The zero-order valence-corrected chi connectivity index (χ0v) is 16.3. The Morgan fingerprint density at radius 3 is 2.52 bits per heavy atom. The van der Waals surface area contributed by atoms with Crippen LogP contribution in [0.1, 0.15) is 11.1 Å². The molecule has 0 aromatic heterocycles. The van der Waals surface area contributed by atoms with Crippen LogP contribution < -0.4 is 5.32 Å². The summed E-state index contributed by atoms with van der Waals surface area (Å²) in [5, 5.41) is 3.45. The molecule has 0 bridgehead atoms. The molecule has 0 saturated carbocycles. The third kappa shape index (κ3) is 6.03. The maximum absolute atomic E-state index is 12.1. The number of benzene rings is 2. The Labute approximate surface area is 160 Å². The Kier molecular flexibility index (Phi) is 6.79. The average molecular weight is 422 g/mol. The van der Waals surface area contributed by atoms with Crippen LogP contribution in [-0.4, -0.2) is 30.3 Å². The lowest BCUT2D eigenvalue weighted by Gasteiger charge is -2.15. The van der Waals surface area contributed by atoms with Gasteiger partial charge in [-0.05, 0) is 54.5 Å². The molecule has 4 nitrogen and oxygen atoms in total. The first kappa shape index (κ1) is 19.2. The number of nitrogens with one attached hydrogen (secondary N) is 1. The van der Waals surface area contributed by atoms with Crippen molar-refractivity contribution in [3.8, 4) is 0 Å². The first-order chi connectivity index (χ1) is 11.8. The summed E-state index contributed by atoms with van der Waals surface area (Å²) in [6.07, 6.45) is 3.12. The minimum absolute atomic E-state index is 0.0285. The van der Waals surface area contributed by atoms with E-state index in [0.29, 0.717) is 5.02 Å². The lowest BCUT2D eigenvalue weighted by Crippen LogP contribution is -2.34. The SMILES string of the molecule is Cc1cc(Br)ccc1NC(=O)CN(C)C(=O)/C=C/c1ccc(Cl)cc1. The zero-order chi connectivity index (χ0) is 18.4. The normalized spacial score (nSPS) is 10.7. The second kappa shape index (κ2) is 8.83. The van der Waals surface area contributed by atoms with Crippen LogP contribution in [0.4, 0.5) is 5.69 Å². The zero-order valence-electron chi connectivity index (χ0n) is 13.9. The summed E-state index contributed by atoms with van der Waals surface area (Å²) in [6.45, 7) is 1.88. The molecule has 0 radical (unpaired) electrons. The van der Waals surface area contributed by atoms with Crippen molar-refractivity contribution in [2.45, 2.75) is 6.92 Å². The average Bonchev–Trinajstić information content (AvgIpc) is 2.56. The highest BCUT2D eigenvalue weighted by Gasteiger charge is 2.11. The van der Waals surface area contributed by atoms with Gasteiger partial charge < -0.3 is 10.2 Å². The molecule has 0 aliphatic heterocycles. The Bertz CT molecular complexity index is 804. The van der Waals surface area contributed by atoms with E-state index in [1.165, 1.54) is 11.0 Å². The number of carbonyl (C=O) groups excluding carboxylic acids is 2. The van der Waals surface area contributed by atoms with Crippen LogP contribution in [-0.2, 0) is 9.59 Å². The van der Waals surface area contributed by atoms with Gasteiger partial charge in [0.25, 0.3) is 0 Å². The molecule has 2 aromatic rings. The van der Waals surface area contributed by atoms with Gasteiger partial charge >= 0.3 is 0 Å². The van der Waals surface area contributed by atoms with Crippen LogP contribution in [0.25, 0.3) is 6.08 Å². The van der Waals surface area contributed by atoms with Crippen LogP contribution in [0.2, 0.25) is 5.02 Å². The number of hydrogen-bond donors (Lipinski definition) is 1. The van der Waals surface area contributed by atoms with Crippen molar-refractivity contribution in [3.63, 3.8) is 0 Å². The van der Waals surface area contributed by atoms with Gasteiger partial charge in [0.2, 0.25) is 11.8 Å². The van der Waals surface area contributed by atoms with E-state index in [4.69, 9.17) is 11.6 Å². The van der Waals surface area contributed by atoms with E-state index in [0.717, 1.165) is 21.3 Å². The first-order valence-corrected chi connectivity index (χ1v) is 8.77. The highest BCUT2D eigenvalue weighted by molar-refractivity contribution is 9.10. The molecule has 0 unspecified atom stereocenters. The largest absolute Gasteiger partial charge is 0.333 e. The molecule has 130 valence electrons. The Morgan fingerprint density at radius 2 is 1.88 bits per heavy atom. The van der Waals surface area contributed by atoms with Crippen molar-refractivity contribution in [1.29, 1.82) is 0 Å². The number of anilines is 1. The minimum atomic E-state index is -0.252. The van der Waals surface area contributed by atoms with Crippen molar-refractivity contribution in [2.75, 3.05) is 18.9 Å². The molecule has 2 rings (SSSR count). The number of aryl methyl sites for hydroxylation is 1. The van der Waals surface area contributed by atoms with Gasteiger partial charge in [-0.25, -0.2) is 0 Å². The molecular weight excluding hydrogens is 404 g/mol. The van der Waals surface area contributed by atoms with E-state index < -0.39 is 0 Å². The smallest absolute Gasteiger partial charge is 0.246 e. The molecule has 0 heterocycles. The predicted molar refractivity (Wildman–Crippen MR) is 106 cm³/mol. The molecule has 0 saturated heterocycles. The molecule has 2 amide bonds. The van der Waals surface area contributed by atoms with Gasteiger partial charge in [-0.3, -0.25) is 9.59 Å². The number of amides is 2. The molecule has 0 aliphatic rings. The fourth-order valence-corrected chi connectivity index (χ4v) is 2.72. The number of likely N-dealkylation sites (N-methyl/N-ethyl adjacent to an activating group) is 1. The van der Waals surface area contributed by atoms with Crippen molar-refractivity contribution < 1.29 is 9.59 Å². The quantitative estimate of drug-likeness (QED) is 0.722. The molecule has 25 heavy (non-hydrogen) atoms. The van der Waals surface area contributed by atoms with Crippen LogP contribution >= 0.6 is 27.5 Å². The fourth-order valence-electron chi connectivity index (χ4n) is 2.12. The van der Waals surface area contributed by atoms with Gasteiger partial charge in [0, 0.05) is 28.3 Å². The summed E-state index contributed by atoms with van der Waals surface area (Å²) < 4.78 is 0.947. The topological polar surface area (TPSA) is 49.4 Å². The molecule has 0 fully saturated rings. The summed E-state index contributed by atoms with van der Waals surface area (Å²) in [4.78, 5) is 25.6. The molecule has 1 N–H and O–H groups in total. The van der Waals surface area contributed by atoms with Crippen LogP contribution in [0.3, 0.4) is 0 Å². The summed E-state index contributed by atoms with van der Waals surface area (Å²) in [7, 11) is 1.59. The second-order valence-electron chi connectivity index (χ2n) is 5.59. The highest BCUT2D eigenvalue weighted by Crippen LogP contribution is 2.20. The third-order valence-corrected chi connectivity index (χ3v) is 4.25. The molecular formula is C19H18BrClN2O2. The Morgan fingerprint density at radius 1 is 1.20 bits per heavy atom. The van der Waals surface area contributed by atoms with Crippen molar-refractivity contribution in [2.24, 2.45) is 0 Å². The molecule has 0 atom stereocenters. The van der Waals surface area contributed by atoms with Crippen molar-refractivity contribution in [3.05, 3.63) is 69.2 Å². The lowest BCUT2D eigenvalue weighted by atomic mass is 10.2. The standard InChI is InChI=1S/C19H18BrClN2O2/c1-13-11-15(20)6-9-17(13)22-18(24)12-23(2)19(25)10-5-14-3-7-16(21)8-4-14/h3-11H,12H2,1-2H3,(H,22,24)/b10-5+. The second-order valence-corrected chi connectivity index (χ2v) is 6.94. The summed E-state index contributed by atoms with van der Waals surface area (Å²) >= 11 is 9.20. The van der Waals surface area contributed by atoms with E-state index in [9.17, 15) is 9.59 Å². The lowest BCUT2D eigenvalue weighted by molar-refractivity contribution is -0.129. The van der Waals surface area contributed by atoms with Gasteiger partial charge in [-0.1, -0.05) is 39.7 Å². The van der Waals surface area contributed by atoms with Crippen molar-refractivity contribution in [1.82, 2.24) is 4.90 Å². The van der Waals surface area contributed by atoms with Gasteiger partial charge in [-0.15, -0.1) is 0 Å². The number of nitrogens with zero attached hydrogens (tertiary/aromatic N) is 1. The van der Waals surface area contributed by atoms with Gasteiger partial charge in [0.1, 0.15) is 0 Å². The van der Waals surface area contributed by atoms with Gasteiger partial charge in [-0.2, -0.15) is 0 Å². The first-order valence-electron chi connectivity index (χ1n) is 7.60. The van der Waals surface area contributed by atoms with Gasteiger partial charge in [0.15, 0.2) is 0 Å². The summed E-state index contributed by atoms with van der Waals surface area (Å²) in [6, 6.07) is 12.7. The van der Waals surface area contributed by atoms with E-state index in [1.54, 1.807) is 25.3 Å². The number of carbonyl (C=O) groups is 2. The highest BCUT2D eigenvalue weighted by atomic mass is 79.9. The van der Waals surface area contributed by atoms with Crippen LogP contribution in [0.15, 0.2) is 53.0 Å². The molecule has 0 spiro atoms. The third-order valence-electron chi connectivity index (χ3n) is 3.51.